The maximum atomic E-state index is 13.4. The van der Waals surface area contributed by atoms with Crippen molar-refractivity contribution in [2.75, 3.05) is 23.7 Å². The van der Waals surface area contributed by atoms with E-state index < -0.39 is 51.2 Å². The second kappa shape index (κ2) is 12.0. The van der Waals surface area contributed by atoms with E-state index in [1.54, 1.807) is 12.1 Å². The van der Waals surface area contributed by atoms with Crippen molar-refractivity contribution in [2.24, 2.45) is 0 Å². The number of sulfonamides is 1. The number of hydrogen-bond acceptors (Lipinski definition) is 4. The summed E-state index contributed by atoms with van der Waals surface area (Å²) in [6, 6.07) is 8.83. The van der Waals surface area contributed by atoms with Crippen LogP contribution in [-0.2, 0) is 32.3 Å². The first-order valence-electron chi connectivity index (χ1n) is 11.1. The molecule has 2 aromatic rings. The van der Waals surface area contributed by atoms with Crippen LogP contribution in [0.1, 0.15) is 37.0 Å². The molecule has 0 bridgehead atoms. The lowest BCUT2D eigenvalue weighted by atomic mass is 10.1. The van der Waals surface area contributed by atoms with Gasteiger partial charge in [0.05, 0.1) is 22.5 Å². The molecule has 0 aliphatic carbocycles. The molecule has 2 amide bonds. The van der Waals surface area contributed by atoms with Crippen molar-refractivity contribution in [2.45, 2.75) is 46.0 Å². The minimum Gasteiger partial charge on any atom is -0.354 e. The van der Waals surface area contributed by atoms with Gasteiger partial charge in [0.2, 0.25) is 21.8 Å². The van der Waals surface area contributed by atoms with E-state index in [1.807, 2.05) is 26.0 Å². The first-order chi connectivity index (χ1) is 16.6. The third-order valence-electron chi connectivity index (χ3n) is 5.41. The van der Waals surface area contributed by atoms with Crippen LogP contribution in [0.4, 0.5) is 18.9 Å². The third kappa shape index (κ3) is 7.86. The number of hydrogen-bond donors (Lipinski definition) is 1. The van der Waals surface area contributed by atoms with Crippen LogP contribution in [0, 0.1) is 6.92 Å². The Bertz CT molecular complexity index is 1190. The molecule has 0 saturated heterocycles. The molecule has 1 atom stereocenters. The number of benzene rings is 2. The van der Waals surface area contributed by atoms with Gasteiger partial charge in [0.25, 0.3) is 0 Å². The number of nitrogens with zero attached hydrogens (tertiary/aromatic N) is 2. The standard InChI is InChI=1S/C24H29ClF3N3O4S/c1-5-12-29-23(33)17(3)30(14-18-8-6-16(2)7-9-18)22(32)15-31(36(4,34)35)19-10-11-21(25)20(13-19)24(26,27)28/h6-11,13,17H,5,12,14-15H2,1-4H3,(H,29,33)/t17-/m0/s1. The summed E-state index contributed by atoms with van der Waals surface area (Å²) in [7, 11) is -4.19. The molecule has 2 rings (SSSR count). The van der Waals surface area contributed by atoms with Crippen LogP contribution >= 0.6 is 11.6 Å². The Morgan fingerprint density at radius 3 is 2.25 bits per heavy atom. The van der Waals surface area contributed by atoms with Gasteiger partial charge in [-0.25, -0.2) is 8.42 Å². The summed E-state index contributed by atoms with van der Waals surface area (Å²) in [5.74, 6) is -1.20. The van der Waals surface area contributed by atoms with Gasteiger partial charge in [-0.2, -0.15) is 13.2 Å². The van der Waals surface area contributed by atoms with Gasteiger partial charge in [-0.1, -0.05) is 48.4 Å². The van der Waals surface area contributed by atoms with Crippen molar-refractivity contribution in [3.8, 4) is 0 Å². The second-order valence-corrected chi connectivity index (χ2v) is 10.7. The van der Waals surface area contributed by atoms with Gasteiger partial charge >= 0.3 is 6.18 Å². The van der Waals surface area contributed by atoms with Crippen molar-refractivity contribution in [3.05, 3.63) is 64.2 Å². The predicted octanol–water partition coefficient (Wildman–Crippen LogP) is 4.38. The van der Waals surface area contributed by atoms with Crippen molar-refractivity contribution in [3.63, 3.8) is 0 Å². The number of amides is 2. The maximum Gasteiger partial charge on any atom is 0.417 e. The van der Waals surface area contributed by atoms with E-state index in [2.05, 4.69) is 5.32 Å². The molecular weight excluding hydrogens is 519 g/mol. The molecule has 0 unspecified atom stereocenters. The lowest BCUT2D eigenvalue weighted by molar-refractivity contribution is -0.139. The molecule has 0 aromatic heterocycles. The van der Waals surface area contributed by atoms with Crippen LogP contribution < -0.4 is 9.62 Å². The zero-order valence-electron chi connectivity index (χ0n) is 20.4. The Morgan fingerprint density at radius 2 is 1.72 bits per heavy atom. The number of carbonyl (C=O) groups excluding carboxylic acids is 2. The maximum absolute atomic E-state index is 13.4. The van der Waals surface area contributed by atoms with E-state index in [1.165, 1.54) is 11.8 Å². The number of anilines is 1. The van der Waals surface area contributed by atoms with E-state index in [9.17, 15) is 31.2 Å². The average molecular weight is 548 g/mol. The molecule has 198 valence electrons. The minimum absolute atomic E-state index is 0.00809. The quantitative estimate of drug-likeness (QED) is 0.478. The average Bonchev–Trinajstić information content (AvgIpc) is 2.79. The summed E-state index contributed by atoms with van der Waals surface area (Å²) in [6.45, 7) is 4.83. The van der Waals surface area contributed by atoms with Gasteiger partial charge in [-0.15, -0.1) is 0 Å². The summed E-state index contributed by atoms with van der Waals surface area (Å²) in [6.07, 6.45) is -3.38. The Kier molecular flexibility index (Phi) is 9.78. The molecule has 36 heavy (non-hydrogen) atoms. The van der Waals surface area contributed by atoms with Crippen molar-refractivity contribution < 1.29 is 31.2 Å². The minimum atomic E-state index is -4.83. The monoisotopic (exact) mass is 547 g/mol. The molecule has 0 aliphatic heterocycles. The van der Waals surface area contributed by atoms with Crippen molar-refractivity contribution in [1.29, 1.82) is 0 Å². The smallest absolute Gasteiger partial charge is 0.354 e. The molecule has 12 heteroatoms. The van der Waals surface area contributed by atoms with Gasteiger partial charge in [0.1, 0.15) is 12.6 Å². The first-order valence-corrected chi connectivity index (χ1v) is 13.3. The lowest BCUT2D eigenvalue weighted by Crippen LogP contribution is -2.51. The van der Waals surface area contributed by atoms with E-state index in [0.717, 1.165) is 24.0 Å². The van der Waals surface area contributed by atoms with Crippen LogP contribution in [0.15, 0.2) is 42.5 Å². The summed E-state index contributed by atoms with van der Waals surface area (Å²) in [5, 5.41) is 2.10. The number of aryl methyl sites for hydroxylation is 1. The number of carbonyl (C=O) groups is 2. The molecule has 0 saturated carbocycles. The van der Waals surface area contributed by atoms with Crippen LogP contribution in [0.2, 0.25) is 5.02 Å². The highest BCUT2D eigenvalue weighted by Crippen LogP contribution is 2.37. The van der Waals surface area contributed by atoms with E-state index in [4.69, 9.17) is 11.6 Å². The fourth-order valence-electron chi connectivity index (χ4n) is 3.37. The highest BCUT2D eigenvalue weighted by molar-refractivity contribution is 7.92. The summed E-state index contributed by atoms with van der Waals surface area (Å²) >= 11 is 5.67. The summed E-state index contributed by atoms with van der Waals surface area (Å²) < 4.78 is 65.8. The molecule has 1 N–H and O–H groups in total. The zero-order chi connectivity index (χ0) is 27.3. The number of nitrogens with one attached hydrogen (secondary N) is 1. The molecule has 0 aliphatic rings. The normalized spacial score (nSPS) is 12.7. The Morgan fingerprint density at radius 1 is 1.11 bits per heavy atom. The van der Waals surface area contributed by atoms with Gasteiger partial charge < -0.3 is 10.2 Å². The van der Waals surface area contributed by atoms with Crippen LogP contribution in [0.3, 0.4) is 0 Å². The highest BCUT2D eigenvalue weighted by Gasteiger charge is 2.35. The van der Waals surface area contributed by atoms with E-state index in [0.29, 0.717) is 28.9 Å². The van der Waals surface area contributed by atoms with Crippen LogP contribution in [0.25, 0.3) is 0 Å². The zero-order valence-corrected chi connectivity index (χ0v) is 22.0. The molecule has 0 heterocycles. The topological polar surface area (TPSA) is 86.8 Å². The Labute approximate surface area is 214 Å². The molecule has 0 fully saturated rings. The number of alkyl halides is 3. The summed E-state index contributed by atoms with van der Waals surface area (Å²) in [4.78, 5) is 27.3. The summed E-state index contributed by atoms with van der Waals surface area (Å²) in [5.41, 5.74) is 0.0743. The van der Waals surface area contributed by atoms with E-state index >= 15 is 0 Å². The SMILES string of the molecule is CCCNC(=O)[C@H](C)N(Cc1ccc(C)cc1)C(=O)CN(c1ccc(Cl)c(C(F)(F)F)c1)S(C)(=O)=O. The van der Waals surface area contributed by atoms with Crippen LogP contribution in [0.5, 0.6) is 0 Å². The molecule has 0 radical (unpaired) electrons. The molecule has 7 nitrogen and oxygen atoms in total. The van der Waals surface area contributed by atoms with Gasteiger partial charge in [0.15, 0.2) is 0 Å². The molecule has 0 spiro atoms. The van der Waals surface area contributed by atoms with Crippen LogP contribution in [-0.4, -0.2) is 50.5 Å². The largest absolute Gasteiger partial charge is 0.417 e. The second-order valence-electron chi connectivity index (χ2n) is 8.41. The first kappa shape index (κ1) is 29.4. The van der Waals surface area contributed by atoms with E-state index in [-0.39, 0.29) is 12.2 Å². The van der Waals surface area contributed by atoms with Gasteiger partial charge in [-0.05, 0) is 44.0 Å². The molecule has 2 aromatic carbocycles. The fraction of sp³-hybridized carbons (Fsp3) is 0.417. The Hall–Kier alpha value is -2.79. The third-order valence-corrected chi connectivity index (χ3v) is 6.88. The lowest BCUT2D eigenvalue weighted by Gasteiger charge is -2.31. The Balaban J connectivity index is 2.45. The number of halogens is 4. The molecular formula is C24H29ClF3N3O4S. The fourth-order valence-corrected chi connectivity index (χ4v) is 4.43. The number of rotatable bonds is 10. The highest BCUT2D eigenvalue weighted by atomic mass is 35.5. The van der Waals surface area contributed by atoms with Crippen molar-refractivity contribution >= 4 is 39.1 Å². The predicted molar refractivity (Wildman–Crippen MR) is 133 cm³/mol. The van der Waals surface area contributed by atoms with Crippen molar-refractivity contribution in [1.82, 2.24) is 10.2 Å². The van der Waals surface area contributed by atoms with Gasteiger partial charge in [0, 0.05) is 13.1 Å². The van der Waals surface area contributed by atoms with Gasteiger partial charge in [-0.3, -0.25) is 13.9 Å².